The minimum Gasteiger partial charge on any atom is -0.457 e. The Kier molecular flexibility index (Phi) is 12.2. The Hall–Kier alpha value is -6.55. The third kappa shape index (κ3) is 8.85. The number of hydrogen-bond donors (Lipinski definition) is 2. The van der Waals surface area contributed by atoms with Crippen molar-refractivity contribution in [2.75, 3.05) is 69.5 Å². The fourth-order valence-corrected chi connectivity index (χ4v) is 11.9. The number of hydrogen-bond acceptors (Lipinski definition) is 11. The average Bonchev–Trinajstić information content (AvgIpc) is 3.93. The molecular weight excluding hydrogens is 859 g/mol. The van der Waals surface area contributed by atoms with Gasteiger partial charge in [0.15, 0.2) is 5.65 Å². The summed E-state index contributed by atoms with van der Waals surface area (Å²) in [5, 5.41) is 8.31. The van der Waals surface area contributed by atoms with Gasteiger partial charge in [0.25, 0.3) is 5.91 Å². The van der Waals surface area contributed by atoms with E-state index in [1.165, 1.54) is 6.33 Å². The number of likely N-dealkylation sites (tertiary alicyclic amines) is 3. The second kappa shape index (κ2) is 18.9. The summed E-state index contributed by atoms with van der Waals surface area (Å²) in [6.07, 6.45) is 10.5. The normalized spacial score (nSPS) is 21.7. The molecule has 6 aliphatic rings. The molecule has 68 heavy (non-hydrogen) atoms. The molecule has 1 unspecified atom stereocenters. The van der Waals surface area contributed by atoms with Crippen molar-refractivity contribution in [3.05, 3.63) is 90.3 Å². The zero-order chi connectivity index (χ0) is 46.3. The highest BCUT2D eigenvalue weighted by Gasteiger charge is 2.40. The summed E-state index contributed by atoms with van der Waals surface area (Å²) in [6.45, 7) is 8.70. The van der Waals surface area contributed by atoms with Crippen molar-refractivity contribution in [3.63, 3.8) is 0 Å². The van der Waals surface area contributed by atoms with Crippen molar-refractivity contribution in [3.8, 4) is 22.8 Å². The zero-order valence-corrected chi connectivity index (χ0v) is 38.7. The fourth-order valence-electron chi connectivity index (χ4n) is 11.9. The van der Waals surface area contributed by atoms with Gasteiger partial charge in [0.1, 0.15) is 35.4 Å². The van der Waals surface area contributed by atoms with Crippen LogP contribution in [0.15, 0.2) is 79.1 Å². The van der Waals surface area contributed by atoms with Gasteiger partial charge in [-0.25, -0.2) is 19.4 Å². The van der Waals surface area contributed by atoms with Gasteiger partial charge in [0, 0.05) is 88.7 Å². The second-order valence-corrected chi connectivity index (χ2v) is 19.8. The highest BCUT2D eigenvalue weighted by Crippen LogP contribution is 2.38. The lowest BCUT2D eigenvalue weighted by Gasteiger charge is -2.43. The SMILES string of the molecule is Nc1ncnc2c1c(-c1ccc(Oc3ccccc3)cc1)nn2C1CCN(CC2CCN(C(=O)N3CCC(C4CCN(c5ccc6c(c5)CN(C5CCC(=O)NC5=O)C6=O)CC4)CC3)CC2)CC1. The lowest BCUT2D eigenvalue weighted by Crippen LogP contribution is -2.52. The first-order valence-electron chi connectivity index (χ1n) is 24.8. The standard InChI is InChI=1S/C52H61N11O5/c53-48-46-47(37-6-9-42(10-7-37)68-41-4-2-1-3-5-41)57-63(49(46)55-33-54-48)39-20-22-58(23-21-39)31-34-14-24-60(25-15-34)52(67)61-28-18-36(19-29-61)35-16-26-59(27-17-35)40-8-11-43-38(30-40)32-62(51(43)66)44-12-13-45(64)56-50(44)65/h1-11,30,33-36,39,44H,12-29,31-32H2,(H2,53,54,55)(H,56,64,65). The van der Waals surface area contributed by atoms with E-state index < -0.39 is 6.04 Å². The van der Waals surface area contributed by atoms with E-state index in [1.54, 1.807) is 4.90 Å². The lowest BCUT2D eigenvalue weighted by atomic mass is 9.78. The number of aromatic nitrogens is 4. The van der Waals surface area contributed by atoms with Gasteiger partial charge in [-0.1, -0.05) is 18.2 Å². The van der Waals surface area contributed by atoms with Gasteiger partial charge in [0.05, 0.1) is 11.4 Å². The number of imide groups is 1. The Balaban J connectivity index is 0.614. The average molecular weight is 920 g/mol. The van der Waals surface area contributed by atoms with Crippen molar-refractivity contribution in [2.45, 2.75) is 82.8 Å². The van der Waals surface area contributed by atoms with Crippen LogP contribution in [0.2, 0.25) is 0 Å². The molecule has 5 saturated heterocycles. The van der Waals surface area contributed by atoms with Crippen LogP contribution in [-0.2, 0) is 16.1 Å². The van der Waals surface area contributed by atoms with Crippen molar-refractivity contribution in [1.82, 2.24) is 44.7 Å². The Morgan fingerprint density at radius 3 is 2.12 bits per heavy atom. The number of para-hydroxylation sites is 1. The predicted molar refractivity (Wildman–Crippen MR) is 258 cm³/mol. The fraction of sp³-hybridized carbons (Fsp3) is 0.481. The van der Waals surface area contributed by atoms with Gasteiger partial charge >= 0.3 is 6.03 Å². The molecule has 16 heteroatoms. The van der Waals surface area contributed by atoms with E-state index in [4.69, 9.17) is 15.6 Å². The van der Waals surface area contributed by atoms with Crippen LogP contribution in [0, 0.1) is 17.8 Å². The summed E-state index contributed by atoms with van der Waals surface area (Å²) in [4.78, 5) is 71.0. The first kappa shape index (κ1) is 44.0. The summed E-state index contributed by atoms with van der Waals surface area (Å²) in [5.74, 6) is 3.04. The monoisotopic (exact) mass is 919 g/mol. The molecule has 6 aliphatic heterocycles. The molecule has 0 aliphatic carbocycles. The van der Waals surface area contributed by atoms with Gasteiger partial charge in [-0.15, -0.1) is 0 Å². The minimum absolute atomic E-state index is 0.133. The number of piperidine rings is 5. The summed E-state index contributed by atoms with van der Waals surface area (Å²) in [7, 11) is 0. The molecule has 16 nitrogen and oxygen atoms in total. The number of carbonyl (C=O) groups is 4. The van der Waals surface area contributed by atoms with Crippen molar-refractivity contribution >= 4 is 46.3 Å². The molecule has 3 N–H and O–H groups in total. The molecule has 0 saturated carbocycles. The Labute approximate surface area is 396 Å². The van der Waals surface area contributed by atoms with Crippen LogP contribution in [0.3, 0.4) is 0 Å². The van der Waals surface area contributed by atoms with E-state index in [0.29, 0.717) is 42.1 Å². The molecule has 1 atom stereocenters. The van der Waals surface area contributed by atoms with Gasteiger partial charge in [-0.05, 0) is 136 Å². The van der Waals surface area contributed by atoms with Gasteiger partial charge in [0.2, 0.25) is 11.8 Å². The molecule has 5 amide bonds. The maximum absolute atomic E-state index is 13.8. The number of nitrogens with one attached hydrogen (secondary N) is 1. The van der Waals surface area contributed by atoms with Crippen LogP contribution in [-0.4, -0.2) is 128 Å². The molecular formula is C52H61N11O5. The number of amides is 5. The summed E-state index contributed by atoms with van der Waals surface area (Å²) < 4.78 is 8.10. The van der Waals surface area contributed by atoms with Crippen LogP contribution < -0.4 is 20.7 Å². The molecule has 11 rings (SSSR count). The van der Waals surface area contributed by atoms with E-state index in [-0.39, 0.29) is 36.2 Å². The van der Waals surface area contributed by atoms with E-state index in [0.717, 1.165) is 155 Å². The first-order valence-corrected chi connectivity index (χ1v) is 24.8. The molecule has 0 bridgehead atoms. The van der Waals surface area contributed by atoms with E-state index in [1.807, 2.05) is 66.7 Å². The van der Waals surface area contributed by atoms with E-state index in [2.05, 4.69) is 45.6 Å². The third-order valence-electron chi connectivity index (χ3n) is 15.8. The minimum atomic E-state index is -0.601. The van der Waals surface area contributed by atoms with Crippen LogP contribution in [0.25, 0.3) is 22.3 Å². The lowest BCUT2D eigenvalue weighted by molar-refractivity contribution is -0.136. The molecule has 0 radical (unpaired) electrons. The molecule has 3 aromatic carbocycles. The third-order valence-corrected chi connectivity index (χ3v) is 15.8. The second-order valence-electron chi connectivity index (χ2n) is 19.8. The Bertz CT molecular complexity index is 2660. The highest BCUT2D eigenvalue weighted by atomic mass is 16.5. The number of anilines is 2. The topological polar surface area (TPSA) is 175 Å². The number of rotatable bonds is 9. The largest absolute Gasteiger partial charge is 0.457 e. The highest BCUT2D eigenvalue weighted by molar-refractivity contribution is 6.05. The van der Waals surface area contributed by atoms with Gasteiger partial charge in [-0.3, -0.25) is 19.7 Å². The van der Waals surface area contributed by atoms with Crippen LogP contribution in [0.4, 0.5) is 16.3 Å². The van der Waals surface area contributed by atoms with Crippen LogP contribution >= 0.6 is 0 Å². The van der Waals surface area contributed by atoms with Crippen LogP contribution in [0.5, 0.6) is 11.5 Å². The molecule has 5 fully saturated rings. The first-order chi connectivity index (χ1) is 33.2. The maximum Gasteiger partial charge on any atom is 0.319 e. The van der Waals surface area contributed by atoms with Crippen molar-refractivity contribution in [2.24, 2.45) is 17.8 Å². The summed E-state index contributed by atoms with van der Waals surface area (Å²) in [5.41, 5.74) is 11.7. The van der Waals surface area contributed by atoms with Gasteiger partial charge < -0.3 is 35.0 Å². The number of nitrogen functional groups attached to an aromatic ring is 1. The maximum atomic E-state index is 13.8. The number of carbonyl (C=O) groups excluding carboxylic acids is 4. The number of nitrogens with zero attached hydrogens (tertiary/aromatic N) is 9. The molecule has 354 valence electrons. The Morgan fingerprint density at radius 1 is 0.735 bits per heavy atom. The van der Waals surface area contributed by atoms with E-state index in [9.17, 15) is 19.2 Å². The number of fused-ring (bicyclic) bond motifs is 2. The Morgan fingerprint density at radius 2 is 1.41 bits per heavy atom. The van der Waals surface area contributed by atoms with Gasteiger partial charge in [-0.2, -0.15) is 5.10 Å². The number of benzene rings is 3. The molecule has 0 spiro atoms. The zero-order valence-electron chi connectivity index (χ0n) is 38.7. The molecule has 8 heterocycles. The van der Waals surface area contributed by atoms with E-state index >= 15 is 0 Å². The number of urea groups is 1. The number of nitrogens with two attached hydrogens (primary N) is 1. The predicted octanol–water partition coefficient (Wildman–Crippen LogP) is 6.73. The van der Waals surface area contributed by atoms with Crippen molar-refractivity contribution in [1.29, 1.82) is 0 Å². The summed E-state index contributed by atoms with van der Waals surface area (Å²) in [6, 6.07) is 23.6. The molecule has 5 aromatic rings. The molecule has 2 aromatic heterocycles. The smallest absolute Gasteiger partial charge is 0.319 e. The van der Waals surface area contributed by atoms with Crippen molar-refractivity contribution < 1.29 is 23.9 Å². The van der Waals surface area contributed by atoms with Crippen LogP contribution in [0.1, 0.15) is 86.2 Å². The summed E-state index contributed by atoms with van der Waals surface area (Å²) >= 11 is 0. The quantitative estimate of drug-likeness (QED) is 0.150. The number of ether oxygens (including phenoxy) is 1.